The Morgan fingerprint density at radius 1 is 1.35 bits per heavy atom. The Labute approximate surface area is 119 Å². The summed E-state index contributed by atoms with van der Waals surface area (Å²) in [6.07, 6.45) is 2.58. The van der Waals surface area contributed by atoms with Crippen LogP contribution in [0.3, 0.4) is 0 Å². The van der Waals surface area contributed by atoms with Gasteiger partial charge in [0.2, 0.25) is 0 Å². The number of allylic oxidation sites excluding steroid dienone is 1. The van der Waals surface area contributed by atoms with Gasteiger partial charge in [-0.25, -0.2) is 13.1 Å². The molecule has 1 aromatic heterocycles. The van der Waals surface area contributed by atoms with Crippen LogP contribution < -0.4 is 4.72 Å². The van der Waals surface area contributed by atoms with Crippen molar-refractivity contribution in [1.29, 1.82) is 0 Å². The van der Waals surface area contributed by atoms with E-state index in [2.05, 4.69) is 9.82 Å². The lowest BCUT2D eigenvalue weighted by Crippen LogP contribution is -2.32. The molecule has 0 unspecified atom stereocenters. The van der Waals surface area contributed by atoms with Gasteiger partial charge in [-0.1, -0.05) is 19.9 Å². The highest BCUT2D eigenvalue weighted by molar-refractivity contribution is 7.90. The second kappa shape index (κ2) is 6.21. The summed E-state index contributed by atoms with van der Waals surface area (Å²) in [5.41, 5.74) is 1.43. The van der Waals surface area contributed by atoms with E-state index in [1.54, 1.807) is 31.7 Å². The average Bonchev–Trinajstić information content (AvgIpc) is 2.73. The third kappa shape index (κ3) is 3.09. The van der Waals surface area contributed by atoms with Gasteiger partial charge in [0, 0.05) is 12.6 Å². The smallest absolute Gasteiger partial charge is 0.268 e. The second-order valence-electron chi connectivity index (χ2n) is 4.46. The molecule has 0 aliphatic rings. The molecule has 0 saturated carbocycles. The molecule has 0 fully saturated rings. The van der Waals surface area contributed by atoms with Crippen LogP contribution in [0, 0.1) is 0 Å². The third-order valence-electron chi connectivity index (χ3n) is 3.14. The Balaban J connectivity index is 3.32. The topological polar surface area (TPSA) is 81.1 Å². The normalized spacial score (nSPS) is 12.6. The van der Waals surface area contributed by atoms with Crippen molar-refractivity contribution in [1.82, 2.24) is 14.5 Å². The van der Waals surface area contributed by atoms with E-state index in [9.17, 15) is 13.2 Å². The van der Waals surface area contributed by atoms with Crippen LogP contribution in [-0.2, 0) is 34.7 Å². The fourth-order valence-corrected chi connectivity index (χ4v) is 3.50. The number of carbonyl (C=O) groups is 1. The number of rotatable bonds is 5. The Morgan fingerprint density at radius 3 is 2.40 bits per heavy atom. The lowest BCUT2D eigenvalue weighted by Gasteiger charge is -2.09. The highest BCUT2D eigenvalue weighted by atomic mass is 32.2. The molecule has 0 aromatic carbocycles. The average molecular weight is 299 g/mol. The number of aryl methyl sites for hydroxylation is 2. The molecule has 1 amide bonds. The van der Waals surface area contributed by atoms with Gasteiger partial charge in [0.05, 0.1) is 11.4 Å². The molecular formula is C13H21N3O3S. The SMILES string of the molecule is CC=C(C)C(=O)NS(=O)(=O)c1c(CC)nn(C)c1CC. The number of carbonyl (C=O) groups excluding carboxylic acids is 1. The third-order valence-corrected chi connectivity index (χ3v) is 4.61. The van der Waals surface area contributed by atoms with Gasteiger partial charge in [0.15, 0.2) is 0 Å². The number of nitrogens with zero attached hydrogens (tertiary/aromatic N) is 2. The largest absolute Gasteiger partial charge is 0.271 e. The predicted molar refractivity (Wildman–Crippen MR) is 76.7 cm³/mol. The standard InChI is InChI=1S/C13H21N3O3S/c1-6-9(4)13(17)15-20(18,19)12-10(7-2)14-16(5)11(12)8-3/h6H,7-8H2,1-5H3,(H,15,17). The minimum Gasteiger partial charge on any atom is -0.271 e. The summed E-state index contributed by atoms with van der Waals surface area (Å²) in [4.78, 5) is 11.9. The van der Waals surface area contributed by atoms with E-state index in [0.717, 1.165) is 0 Å². The molecule has 0 bridgehead atoms. The summed E-state index contributed by atoms with van der Waals surface area (Å²) in [7, 11) is -2.20. The van der Waals surface area contributed by atoms with Crippen LogP contribution in [0.1, 0.15) is 39.1 Å². The van der Waals surface area contributed by atoms with E-state index in [1.807, 2.05) is 13.8 Å². The summed E-state index contributed by atoms with van der Waals surface area (Å²) in [5.74, 6) is -0.611. The predicted octanol–water partition coefficient (Wildman–Crippen LogP) is 1.32. The zero-order chi connectivity index (χ0) is 15.5. The fraction of sp³-hybridized carbons (Fsp3) is 0.538. The van der Waals surface area contributed by atoms with Crippen molar-refractivity contribution in [3.05, 3.63) is 23.0 Å². The van der Waals surface area contributed by atoms with Crippen molar-refractivity contribution >= 4 is 15.9 Å². The first-order valence-electron chi connectivity index (χ1n) is 6.53. The molecule has 1 heterocycles. The molecule has 1 N–H and O–H groups in total. The summed E-state index contributed by atoms with van der Waals surface area (Å²) >= 11 is 0. The fourth-order valence-electron chi connectivity index (χ4n) is 1.92. The quantitative estimate of drug-likeness (QED) is 0.831. The van der Waals surface area contributed by atoms with Gasteiger partial charge in [0.25, 0.3) is 15.9 Å². The van der Waals surface area contributed by atoms with E-state index >= 15 is 0 Å². The molecule has 1 aromatic rings. The van der Waals surface area contributed by atoms with E-state index in [0.29, 0.717) is 29.8 Å². The van der Waals surface area contributed by atoms with Gasteiger partial charge in [0.1, 0.15) is 4.90 Å². The molecule has 0 atom stereocenters. The summed E-state index contributed by atoms with van der Waals surface area (Å²) in [6.45, 7) is 6.93. The highest BCUT2D eigenvalue weighted by Crippen LogP contribution is 2.21. The van der Waals surface area contributed by atoms with Crippen molar-refractivity contribution in [2.45, 2.75) is 45.4 Å². The number of hydrogen-bond acceptors (Lipinski definition) is 4. The first kappa shape index (κ1) is 16.4. The minimum atomic E-state index is -3.90. The molecule has 112 valence electrons. The summed E-state index contributed by atoms with van der Waals surface area (Å²) < 4.78 is 28.5. The maximum absolute atomic E-state index is 12.4. The van der Waals surface area contributed by atoms with E-state index in [-0.39, 0.29) is 4.90 Å². The highest BCUT2D eigenvalue weighted by Gasteiger charge is 2.28. The monoisotopic (exact) mass is 299 g/mol. The molecule has 1 rings (SSSR count). The maximum Gasteiger partial charge on any atom is 0.268 e. The molecule has 20 heavy (non-hydrogen) atoms. The van der Waals surface area contributed by atoms with Gasteiger partial charge in [-0.3, -0.25) is 9.48 Å². The molecule has 0 radical (unpaired) electrons. The molecule has 0 saturated heterocycles. The van der Waals surface area contributed by atoms with E-state index in [1.165, 1.54) is 0 Å². The number of sulfonamides is 1. The van der Waals surface area contributed by atoms with Crippen LogP contribution in [0.5, 0.6) is 0 Å². The Bertz CT molecular complexity index is 642. The number of aromatic nitrogens is 2. The van der Waals surface area contributed by atoms with Crippen LogP contribution in [0.15, 0.2) is 16.5 Å². The van der Waals surface area contributed by atoms with Gasteiger partial charge in [-0.15, -0.1) is 0 Å². The van der Waals surface area contributed by atoms with Crippen molar-refractivity contribution in [3.63, 3.8) is 0 Å². The minimum absolute atomic E-state index is 0.127. The van der Waals surface area contributed by atoms with Crippen molar-refractivity contribution in [2.75, 3.05) is 0 Å². The van der Waals surface area contributed by atoms with Crippen LogP contribution in [0.25, 0.3) is 0 Å². The number of hydrogen-bond donors (Lipinski definition) is 1. The van der Waals surface area contributed by atoms with Gasteiger partial charge in [-0.05, 0) is 26.7 Å². The Morgan fingerprint density at radius 2 is 1.95 bits per heavy atom. The summed E-state index contributed by atoms with van der Waals surface area (Å²) in [6, 6.07) is 0. The zero-order valence-corrected chi connectivity index (χ0v) is 13.3. The Hall–Kier alpha value is -1.63. The maximum atomic E-state index is 12.4. The van der Waals surface area contributed by atoms with Crippen LogP contribution in [0.4, 0.5) is 0 Å². The van der Waals surface area contributed by atoms with Crippen LogP contribution in [-0.4, -0.2) is 24.1 Å². The molecular weight excluding hydrogens is 278 g/mol. The zero-order valence-electron chi connectivity index (χ0n) is 12.5. The first-order valence-corrected chi connectivity index (χ1v) is 8.01. The van der Waals surface area contributed by atoms with Gasteiger partial charge < -0.3 is 0 Å². The Kier molecular flexibility index (Phi) is 5.10. The number of amides is 1. The van der Waals surface area contributed by atoms with Crippen LogP contribution >= 0.6 is 0 Å². The molecule has 0 aliphatic heterocycles. The van der Waals surface area contributed by atoms with Crippen molar-refractivity contribution in [3.8, 4) is 0 Å². The van der Waals surface area contributed by atoms with E-state index < -0.39 is 15.9 Å². The molecule has 6 nitrogen and oxygen atoms in total. The molecule has 7 heteroatoms. The number of nitrogens with one attached hydrogen (secondary N) is 1. The van der Waals surface area contributed by atoms with Gasteiger partial charge in [-0.2, -0.15) is 5.10 Å². The van der Waals surface area contributed by atoms with E-state index in [4.69, 9.17) is 0 Å². The summed E-state index contributed by atoms with van der Waals surface area (Å²) in [5, 5.41) is 4.21. The first-order chi connectivity index (χ1) is 9.28. The van der Waals surface area contributed by atoms with Crippen molar-refractivity contribution in [2.24, 2.45) is 7.05 Å². The van der Waals surface area contributed by atoms with Crippen molar-refractivity contribution < 1.29 is 13.2 Å². The molecule has 0 aliphatic carbocycles. The lowest BCUT2D eigenvalue weighted by atomic mass is 10.2. The second-order valence-corrected chi connectivity index (χ2v) is 6.08. The lowest BCUT2D eigenvalue weighted by molar-refractivity contribution is -0.115. The van der Waals surface area contributed by atoms with Gasteiger partial charge >= 0.3 is 0 Å². The molecule has 0 spiro atoms. The van der Waals surface area contributed by atoms with Crippen LogP contribution in [0.2, 0.25) is 0 Å².